The Labute approximate surface area is 175 Å². The van der Waals surface area contributed by atoms with E-state index in [0.717, 1.165) is 40.2 Å². The fourth-order valence-electron chi connectivity index (χ4n) is 2.97. The van der Waals surface area contributed by atoms with Crippen LogP contribution in [0.2, 0.25) is 0 Å². The van der Waals surface area contributed by atoms with Crippen molar-refractivity contribution in [2.24, 2.45) is 0 Å². The van der Waals surface area contributed by atoms with Crippen molar-refractivity contribution in [1.29, 1.82) is 0 Å². The van der Waals surface area contributed by atoms with Crippen LogP contribution < -0.4 is 5.32 Å². The Bertz CT molecular complexity index is 955. The number of hydrogen-bond acceptors (Lipinski definition) is 6. The molecule has 0 saturated carbocycles. The maximum Gasteiger partial charge on any atom is 0.407 e. The van der Waals surface area contributed by atoms with Gasteiger partial charge in [0, 0.05) is 6.54 Å². The van der Waals surface area contributed by atoms with Crippen LogP contribution in [-0.4, -0.2) is 33.0 Å². The van der Waals surface area contributed by atoms with E-state index >= 15 is 0 Å². The summed E-state index contributed by atoms with van der Waals surface area (Å²) in [6, 6.07) is 7.74. The van der Waals surface area contributed by atoms with E-state index in [9.17, 15) is 4.79 Å². The number of alkyl carbamates (subject to hydrolysis) is 1. The first kappa shape index (κ1) is 21.2. The van der Waals surface area contributed by atoms with Crippen LogP contribution in [0.3, 0.4) is 0 Å². The molecule has 1 N–H and O–H groups in total. The van der Waals surface area contributed by atoms with Crippen LogP contribution in [-0.2, 0) is 24.1 Å². The monoisotopic (exact) mass is 416 g/mol. The van der Waals surface area contributed by atoms with Crippen LogP contribution in [0.4, 0.5) is 4.79 Å². The van der Waals surface area contributed by atoms with E-state index in [1.54, 1.807) is 0 Å². The van der Waals surface area contributed by atoms with E-state index in [0.29, 0.717) is 18.3 Å². The van der Waals surface area contributed by atoms with E-state index in [1.807, 2.05) is 49.7 Å². The normalized spacial score (nSPS) is 11.8. The Morgan fingerprint density at radius 2 is 2.00 bits per heavy atom. The third-order valence-corrected chi connectivity index (χ3v) is 5.23. The summed E-state index contributed by atoms with van der Waals surface area (Å²) in [5.41, 5.74) is 3.23. The van der Waals surface area contributed by atoms with E-state index in [2.05, 4.69) is 24.1 Å². The van der Waals surface area contributed by atoms with Gasteiger partial charge in [-0.05, 0) is 57.5 Å². The number of oxazole rings is 1. The van der Waals surface area contributed by atoms with Crippen LogP contribution in [0.5, 0.6) is 0 Å². The zero-order valence-corrected chi connectivity index (χ0v) is 18.4. The van der Waals surface area contributed by atoms with Gasteiger partial charge in [-0.1, -0.05) is 26.0 Å². The van der Waals surface area contributed by atoms with Gasteiger partial charge >= 0.3 is 6.09 Å². The van der Waals surface area contributed by atoms with E-state index < -0.39 is 11.7 Å². The number of amides is 1. The van der Waals surface area contributed by atoms with Crippen LogP contribution in [0.25, 0.3) is 11.1 Å². The summed E-state index contributed by atoms with van der Waals surface area (Å²) in [5, 5.41) is 8.16. The molecule has 0 aliphatic rings. The van der Waals surface area contributed by atoms with Gasteiger partial charge in [-0.15, -0.1) is 0 Å². The fourth-order valence-corrected chi connectivity index (χ4v) is 4.09. The number of carbonyl (C=O) groups excluding carboxylic acids is 1. The van der Waals surface area contributed by atoms with Gasteiger partial charge in [0.2, 0.25) is 0 Å². The molecule has 0 unspecified atom stereocenters. The summed E-state index contributed by atoms with van der Waals surface area (Å²) in [4.78, 5) is 17.5. The summed E-state index contributed by atoms with van der Waals surface area (Å²) in [7, 11) is 0. The van der Waals surface area contributed by atoms with E-state index in [4.69, 9.17) is 14.3 Å². The molecule has 1 amide bonds. The molecule has 0 spiro atoms. The standard InChI is InChI=1S/C21H28N4O3S/c1-6-14-18(29-20-23-15-10-8-9-11-17(15)27-20)16(7-2)25(24-14)13-12-22-19(26)28-21(3,4)5/h8-11H,6-7,12-13H2,1-5H3,(H,22,26). The minimum Gasteiger partial charge on any atom is -0.444 e. The molecule has 0 bridgehead atoms. The van der Waals surface area contributed by atoms with Gasteiger partial charge in [-0.2, -0.15) is 5.10 Å². The Morgan fingerprint density at radius 3 is 2.66 bits per heavy atom. The summed E-state index contributed by atoms with van der Waals surface area (Å²) in [5.74, 6) is 0. The van der Waals surface area contributed by atoms with Gasteiger partial charge in [0.25, 0.3) is 5.22 Å². The van der Waals surface area contributed by atoms with Crippen molar-refractivity contribution in [3.05, 3.63) is 35.7 Å². The van der Waals surface area contributed by atoms with Crippen molar-refractivity contribution in [3.63, 3.8) is 0 Å². The zero-order valence-electron chi connectivity index (χ0n) is 17.6. The first-order valence-electron chi connectivity index (χ1n) is 9.89. The molecule has 3 rings (SSSR count). The number of para-hydroxylation sites is 2. The Morgan fingerprint density at radius 1 is 1.24 bits per heavy atom. The van der Waals surface area contributed by atoms with Crippen molar-refractivity contribution in [2.75, 3.05) is 6.54 Å². The number of ether oxygens (including phenoxy) is 1. The molecule has 0 atom stereocenters. The molecule has 2 heterocycles. The average Bonchev–Trinajstić information content (AvgIpc) is 3.20. The molecular weight excluding hydrogens is 388 g/mol. The molecule has 7 nitrogen and oxygen atoms in total. The SMILES string of the molecule is CCc1nn(CCNC(=O)OC(C)(C)C)c(CC)c1Sc1nc2ccccc2o1. The quantitative estimate of drug-likeness (QED) is 0.594. The molecule has 156 valence electrons. The van der Waals surface area contributed by atoms with Gasteiger partial charge in [0.1, 0.15) is 11.1 Å². The Hall–Kier alpha value is -2.48. The smallest absolute Gasteiger partial charge is 0.407 e. The molecule has 1 aromatic carbocycles. The highest BCUT2D eigenvalue weighted by Gasteiger charge is 2.20. The zero-order chi connectivity index (χ0) is 21.0. The van der Waals surface area contributed by atoms with Gasteiger partial charge < -0.3 is 14.5 Å². The van der Waals surface area contributed by atoms with Crippen molar-refractivity contribution >= 4 is 29.0 Å². The molecule has 29 heavy (non-hydrogen) atoms. The third-order valence-electron chi connectivity index (χ3n) is 4.20. The predicted octanol–water partition coefficient (Wildman–Crippen LogP) is 4.83. The highest BCUT2D eigenvalue weighted by molar-refractivity contribution is 7.99. The van der Waals surface area contributed by atoms with Crippen molar-refractivity contribution in [1.82, 2.24) is 20.1 Å². The topological polar surface area (TPSA) is 82.2 Å². The third kappa shape index (κ3) is 5.32. The lowest BCUT2D eigenvalue weighted by molar-refractivity contribution is 0.0525. The number of aryl methyl sites for hydroxylation is 1. The fraction of sp³-hybridized carbons (Fsp3) is 0.476. The second kappa shape index (κ2) is 8.90. The molecule has 0 saturated heterocycles. The second-order valence-corrected chi connectivity index (χ2v) is 8.59. The first-order chi connectivity index (χ1) is 13.8. The maximum atomic E-state index is 11.9. The Balaban J connectivity index is 1.74. The van der Waals surface area contributed by atoms with Gasteiger partial charge in [0.15, 0.2) is 5.58 Å². The second-order valence-electron chi connectivity index (χ2n) is 7.63. The molecule has 0 aliphatic heterocycles. The number of aromatic nitrogens is 3. The lowest BCUT2D eigenvalue weighted by Crippen LogP contribution is -2.34. The number of benzene rings is 1. The van der Waals surface area contributed by atoms with Crippen molar-refractivity contribution < 1.29 is 13.9 Å². The predicted molar refractivity (Wildman–Crippen MR) is 113 cm³/mol. The molecule has 3 aromatic rings. The minimum atomic E-state index is -0.511. The van der Waals surface area contributed by atoms with Crippen molar-refractivity contribution in [3.8, 4) is 0 Å². The highest BCUT2D eigenvalue weighted by Crippen LogP contribution is 2.35. The highest BCUT2D eigenvalue weighted by atomic mass is 32.2. The number of hydrogen-bond donors (Lipinski definition) is 1. The van der Waals surface area contributed by atoms with E-state index in [-0.39, 0.29) is 0 Å². The molecular formula is C21H28N4O3S. The summed E-state index contributed by atoms with van der Waals surface area (Å²) >= 11 is 1.51. The van der Waals surface area contributed by atoms with Gasteiger partial charge in [-0.3, -0.25) is 4.68 Å². The number of nitrogens with zero attached hydrogens (tertiary/aromatic N) is 3. The summed E-state index contributed by atoms with van der Waals surface area (Å²) in [6.45, 7) is 10.7. The number of fused-ring (bicyclic) bond motifs is 1. The van der Waals surface area contributed by atoms with Crippen LogP contribution in [0.1, 0.15) is 46.0 Å². The van der Waals surface area contributed by atoms with Crippen LogP contribution in [0.15, 0.2) is 38.8 Å². The molecule has 0 radical (unpaired) electrons. The summed E-state index contributed by atoms with van der Waals surface area (Å²) < 4.78 is 13.1. The van der Waals surface area contributed by atoms with Crippen molar-refractivity contribution in [2.45, 2.75) is 69.7 Å². The summed E-state index contributed by atoms with van der Waals surface area (Å²) in [6.07, 6.45) is 1.21. The number of rotatable bonds is 7. The Kier molecular flexibility index (Phi) is 6.52. The minimum absolute atomic E-state index is 0.417. The maximum absolute atomic E-state index is 11.9. The number of nitrogens with one attached hydrogen (secondary N) is 1. The molecule has 2 aromatic heterocycles. The largest absolute Gasteiger partial charge is 0.444 e. The molecule has 0 aliphatic carbocycles. The number of carbonyl (C=O) groups is 1. The van der Waals surface area contributed by atoms with Crippen LogP contribution >= 0.6 is 11.8 Å². The lowest BCUT2D eigenvalue weighted by Gasteiger charge is -2.19. The van der Waals surface area contributed by atoms with Crippen LogP contribution in [0, 0.1) is 0 Å². The average molecular weight is 417 g/mol. The first-order valence-corrected chi connectivity index (χ1v) is 10.7. The van der Waals surface area contributed by atoms with E-state index in [1.165, 1.54) is 11.8 Å². The molecule has 0 fully saturated rings. The van der Waals surface area contributed by atoms with Gasteiger partial charge in [-0.25, -0.2) is 9.78 Å². The lowest BCUT2D eigenvalue weighted by atomic mass is 10.2. The van der Waals surface area contributed by atoms with Gasteiger partial charge in [0.05, 0.1) is 22.8 Å². The molecule has 8 heteroatoms.